The second kappa shape index (κ2) is 9.78. The lowest BCUT2D eigenvalue weighted by atomic mass is 10.2. The molecule has 0 aliphatic heterocycles. The first-order valence-corrected chi connectivity index (χ1v) is 10.3. The minimum absolute atomic E-state index is 0.265. The highest BCUT2D eigenvalue weighted by Gasteiger charge is 2.15. The van der Waals surface area contributed by atoms with Gasteiger partial charge in [-0.15, -0.1) is 0 Å². The summed E-state index contributed by atoms with van der Waals surface area (Å²) in [5.41, 5.74) is 3.61. The van der Waals surface area contributed by atoms with Gasteiger partial charge in [0.2, 0.25) is 0 Å². The lowest BCUT2D eigenvalue weighted by molar-refractivity contribution is -0.123. The monoisotopic (exact) mass is 442 g/mol. The molecule has 0 bridgehead atoms. The summed E-state index contributed by atoms with van der Waals surface area (Å²) in [4.78, 5) is 40.7. The Morgan fingerprint density at radius 2 is 1.64 bits per heavy atom. The minimum Gasteiger partial charge on any atom is -0.452 e. The zero-order valence-electron chi connectivity index (χ0n) is 17.9. The van der Waals surface area contributed by atoms with Crippen molar-refractivity contribution in [2.24, 2.45) is 0 Å². The molecule has 0 saturated heterocycles. The third-order valence-electron chi connectivity index (χ3n) is 4.96. The van der Waals surface area contributed by atoms with Crippen molar-refractivity contribution in [2.45, 2.75) is 13.5 Å². The number of nitrogens with one attached hydrogen (secondary N) is 2. The van der Waals surface area contributed by atoms with Crippen LogP contribution in [0.4, 0.5) is 4.79 Å². The zero-order chi connectivity index (χ0) is 23.2. The Morgan fingerprint density at radius 1 is 0.939 bits per heavy atom. The van der Waals surface area contributed by atoms with E-state index in [4.69, 9.17) is 4.74 Å². The smallest absolute Gasteiger partial charge is 0.338 e. The number of carbonyl (C=O) groups excluding carboxylic acids is 3. The van der Waals surface area contributed by atoms with Gasteiger partial charge >= 0.3 is 12.0 Å². The molecular weight excluding hydrogens is 420 g/mol. The van der Waals surface area contributed by atoms with Gasteiger partial charge in [-0.25, -0.2) is 14.6 Å². The molecule has 166 valence electrons. The summed E-state index contributed by atoms with van der Waals surface area (Å²) in [6, 6.07) is 23.4. The molecule has 1 heterocycles. The summed E-state index contributed by atoms with van der Waals surface area (Å²) in [6.45, 7) is 1.58. The van der Waals surface area contributed by atoms with Crippen LogP contribution < -0.4 is 10.6 Å². The molecule has 33 heavy (non-hydrogen) atoms. The summed E-state index contributed by atoms with van der Waals surface area (Å²) >= 11 is 0. The molecule has 0 saturated carbocycles. The number of amides is 3. The Balaban J connectivity index is 1.34. The van der Waals surface area contributed by atoms with Crippen molar-refractivity contribution in [1.29, 1.82) is 0 Å². The van der Waals surface area contributed by atoms with Crippen LogP contribution in [0.5, 0.6) is 0 Å². The number of fused-ring (bicyclic) bond motifs is 1. The van der Waals surface area contributed by atoms with Crippen LogP contribution in [0, 0.1) is 6.92 Å². The fourth-order valence-electron chi connectivity index (χ4n) is 3.43. The van der Waals surface area contributed by atoms with Crippen molar-refractivity contribution in [3.63, 3.8) is 0 Å². The van der Waals surface area contributed by atoms with Gasteiger partial charge in [-0.3, -0.25) is 14.7 Å². The van der Waals surface area contributed by atoms with Gasteiger partial charge in [-0.05, 0) is 42.8 Å². The van der Waals surface area contributed by atoms with Crippen LogP contribution in [0.2, 0.25) is 0 Å². The molecular formula is C25H22N4O4. The summed E-state index contributed by atoms with van der Waals surface area (Å²) < 4.78 is 7.05. The van der Waals surface area contributed by atoms with E-state index in [1.54, 1.807) is 18.2 Å². The van der Waals surface area contributed by atoms with E-state index in [2.05, 4.69) is 15.6 Å². The van der Waals surface area contributed by atoms with Crippen molar-refractivity contribution in [3.05, 3.63) is 95.8 Å². The molecule has 4 rings (SSSR count). The largest absolute Gasteiger partial charge is 0.452 e. The average Bonchev–Trinajstić information content (AvgIpc) is 3.17. The standard InChI is InChI=1S/C25H22N4O4/c1-17-27-21-14-19(12-13-22(21)29(17)20-10-6-3-7-11-20)24(31)33-16-23(30)28-25(32)26-15-18-8-4-2-5-9-18/h2-14H,15-16H2,1H3,(H2,26,28,30,32). The van der Waals surface area contributed by atoms with Gasteiger partial charge in [-0.2, -0.15) is 0 Å². The third-order valence-corrected chi connectivity index (χ3v) is 4.96. The fraction of sp³-hybridized carbons (Fsp3) is 0.120. The molecule has 0 fully saturated rings. The molecule has 0 spiro atoms. The van der Waals surface area contributed by atoms with Crippen LogP contribution in [0.25, 0.3) is 16.7 Å². The normalized spacial score (nSPS) is 10.6. The molecule has 0 aliphatic carbocycles. The van der Waals surface area contributed by atoms with Gasteiger partial charge in [0.15, 0.2) is 6.61 Å². The molecule has 8 nitrogen and oxygen atoms in total. The number of hydrogen-bond acceptors (Lipinski definition) is 5. The number of ether oxygens (including phenoxy) is 1. The second-order valence-corrected chi connectivity index (χ2v) is 7.33. The molecule has 0 aliphatic rings. The van der Waals surface area contributed by atoms with Crippen LogP contribution >= 0.6 is 0 Å². The highest BCUT2D eigenvalue weighted by Crippen LogP contribution is 2.22. The van der Waals surface area contributed by atoms with E-state index in [9.17, 15) is 14.4 Å². The van der Waals surface area contributed by atoms with Crippen molar-refractivity contribution in [3.8, 4) is 5.69 Å². The topological polar surface area (TPSA) is 102 Å². The van der Waals surface area contributed by atoms with Gasteiger partial charge in [0.05, 0.1) is 16.6 Å². The van der Waals surface area contributed by atoms with Gasteiger partial charge in [-0.1, -0.05) is 48.5 Å². The first-order chi connectivity index (χ1) is 16.0. The molecule has 0 radical (unpaired) electrons. The van der Waals surface area contributed by atoms with Crippen molar-refractivity contribution in [1.82, 2.24) is 20.2 Å². The van der Waals surface area contributed by atoms with Gasteiger partial charge in [0, 0.05) is 12.2 Å². The van der Waals surface area contributed by atoms with Gasteiger partial charge < -0.3 is 10.1 Å². The number of nitrogens with zero attached hydrogens (tertiary/aromatic N) is 2. The van der Waals surface area contributed by atoms with E-state index < -0.39 is 24.5 Å². The van der Waals surface area contributed by atoms with Crippen LogP contribution in [0.3, 0.4) is 0 Å². The Morgan fingerprint density at radius 3 is 2.36 bits per heavy atom. The van der Waals surface area contributed by atoms with E-state index in [0.29, 0.717) is 5.52 Å². The number of para-hydroxylation sites is 1. The number of imidazole rings is 1. The van der Waals surface area contributed by atoms with Crippen molar-refractivity contribution in [2.75, 3.05) is 6.61 Å². The molecule has 0 unspecified atom stereocenters. The first kappa shape index (κ1) is 21.8. The number of rotatable bonds is 6. The summed E-state index contributed by atoms with van der Waals surface area (Å²) in [5.74, 6) is -0.620. The first-order valence-electron chi connectivity index (χ1n) is 10.3. The van der Waals surface area contributed by atoms with Crippen LogP contribution in [-0.2, 0) is 16.1 Å². The molecule has 3 amide bonds. The molecule has 4 aromatic rings. The predicted molar refractivity (Wildman–Crippen MR) is 123 cm³/mol. The maximum Gasteiger partial charge on any atom is 0.338 e. The molecule has 8 heteroatoms. The second-order valence-electron chi connectivity index (χ2n) is 7.33. The van der Waals surface area contributed by atoms with Crippen LogP contribution in [0.15, 0.2) is 78.9 Å². The minimum atomic E-state index is -0.723. The Labute approximate surface area is 190 Å². The Bertz CT molecular complexity index is 1300. The van der Waals surface area contributed by atoms with Gasteiger partial charge in [0.25, 0.3) is 5.91 Å². The fourth-order valence-corrected chi connectivity index (χ4v) is 3.43. The number of urea groups is 1. The number of aromatic nitrogens is 2. The summed E-state index contributed by atoms with van der Waals surface area (Å²) in [6.07, 6.45) is 0. The van der Waals surface area contributed by atoms with Crippen molar-refractivity contribution < 1.29 is 19.1 Å². The zero-order valence-corrected chi connectivity index (χ0v) is 17.9. The van der Waals surface area contributed by atoms with Crippen LogP contribution in [0.1, 0.15) is 21.7 Å². The number of benzene rings is 3. The van der Waals surface area contributed by atoms with Crippen LogP contribution in [-0.4, -0.2) is 34.1 Å². The van der Waals surface area contributed by atoms with Crippen molar-refractivity contribution >= 4 is 28.9 Å². The van der Waals surface area contributed by atoms with E-state index in [1.807, 2.05) is 72.2 Å². The number of esters is 1. The van der Waals surface area contributed by atoms with E-state index >= 15 is 0 Å². The molecule has 3 aromatic carbocycles. The number of aryl methyl sites for hydroxylation is 1. The lowest BCUT2D eigenvalue weighted by Gasteiger charge is -2.08. The SMILES string of the molecule is Cc1nc2cc(C(=O)OCC(=O)NC(=O)NCc3ccccc3)ccc2n1-c1ccccc1. The van der Waals surface area contributed by atoms with E-state index in [-0.39, 0.29) is 12.1 Å². The predicted octanol–water partition coefficient (Wildman–Crippen LogP) is 3.52. The lowest BCUT2D eigenvalue weighted by Crippen LogP contribution is -2.41. The third kappa shape index (κ3) is 5.24. The quantitative estimate of drug-likeness (QED) is 0.445. The Kier molecular flexibility index (Phi) is 6.45. The maximum atomic E-state index is 12.4. The highest BCUT2D eigenvalue weighted by molar-refractivity contribution is 5.98. The summed E-state index contributed by atoms with van der Waals surface area (Å²) in [7, 11) is 0. The molecule has 0 atom stereocenters. The maximum absolute atomic E-state index is 12.4. The number of imide groups is 1. The Hall–Kier alpha value is -4.46. The summed E-state index contributed by atoms with van der Waals surface area (Å²) in [5, 5.41) is 4.70. The number of carbonyl (C=O) groups is 3. The molecule has 1 aromatic heterocycles. The number of hydrogen-bond donors (Lipinski definition) is 2. The van der Waals surface area contributed by atoms with Gasteiger partial charge in [0.1, 0.15) is 5.82 Å². The average molecular weight is 442 g/mol. The van der Waals surface area contributed by atoms with E-state index in [1.165, 1.54) is 0 Å². The van der Waals surface area contributed by atoms with E-state index in [0.717, 1.165) is 22.6 Å². The highest BCUT2D eigenvalue weighted by atomic mass is 16.5. The molecule has 2 N–H and O–H groups in total.